The normalized spacial score (nSPS) is 11.4. The standard InChI is InChI=1S/C12H7F3N6O2/c13-12(14,15)10-18-11(20-19-10)17-9(22)7-4-8(23-21-7)6-2-1-3-16-5-6/h1-5H,(H2,17,18,19,20,22). The lowest BCUT2D eigenvalue weighted by atomic mass is 10.2. The molecule has 0 fully saturated rings. The van der Waals surface area contributed by atoms with Gasteiger partial charge in [0.25, 0.3) is 5.91 Å². The lowest BCUT2D eigenvalue weighted by molar-refractivity contribution is -0.144. The van der Waals surface area contributed by atoms with Gasteiger partial charge in [-0.05, 0) is 12.1 Å². The highest BCUT2D eigenvalue weighted by Gasteiger charge is 2.35. The van der Waals surface area contributed by atoms with Gasteiger partial charge in [0.15, 0.2) is 11.5 Å². The van der Waals surface area contributed by atoms with Crippen molar-refractivity contribution in [3.05, 3.63) is 42.1 Å². The first-order valence-electron chi connectivity index (χ1n) is 6.11. The monoisotopic (exact) mass is 324 g/mol. The molecule has 0 unspecified atom stereocenters. The molecule has 3 aromatic rings. The molecule has 3 heterocycles. The van der Waals surface area contributed by atoms with Crippen LogP contribution in [-0.2, 0) is 6.18 Å². The molecular formula is C12H7F3N6O2. The maximum absolute atomic E-state index is 12.4. The fraction of sp³-hybridized carbons (Fsp3) is 0.0833. The highest BCUT2D eigenvalue weighted by Crippen LogP contribution is 2.26. The van der Waals surface area contributed by atoms with Crippen molar-refractivity contribution in [1.82, 2.24) is 25.3 Å². The minimum atomic E-state index is -4.68. The maximum Gasteiger partial charge on any atom is 0.451 e. The molecule has 0 aliphatic rings. The van der Waals surface area contributed by atoms with Gasteiger partial charge in [-0.1, -0.05) is 5.16 Å². The van der Waals surface area contributed by atoms with Crippen LogP contribution in [0.3, 0.4) is 0 Å². The fourth-order valence-corrected chi connectivity index (χ4v) is 1.64. The van der Waals surface area contributed by atoms with Gasteiger partial charge in [-0.25, -0.2) is 0 Å². The Morgan fingerprint density at radius 1 is 1.35 bits per heavy atom. The summed E-state index contributed by atoms with van der Waals surface area (Å²) in [5.41, 5.74) is 0.457. The molecule has 0 aromatic carbocycles. The van der Waals surface area contributed by atoms with E-state index in [0.717, 1.165) is 0 Å². The summed E-state index contributed by atoms with van der Waals surface area (Å²) in [6, 6.07) is 4.69. The summed E-state index contributed by atoms with van der Waals surface area (Å²) in [6.45, 7) is 0. The van der Waals surface area contributed by atoms with Crippen LogP contribution < -0.4 is 5.32 Å². The van der Waals surface area contributed by atoms with Gasteiger partial charge in [0.1, 0.15) is 0 Å². The Hall–Kier alpha value is -3.24. The molecule has 0 aliphatic carbocycles. The Morgan fingerprint density at radius 3 is 2.83 bits per heavy atom. The van der Waals surface area contributed by atoms with E-state index in [9.17, 15) is 18.0 Å². The molecule has 3 aromatic heterocycles. The SMILES string of the molecule is O=C(Nc1n[nH]c(C(F)(F)F)n1)c1cc(-c2cccnc2)on1. The van der Waals surface area contributed by atoms with Crippen LogP contribution >= 0.6 is 0 Å². The van der Waals surface area contributed by atoms with E-state index in [1.807, 2.05) is 0 Å². The molecule has 8 nitrogen and oxygen atoms in total. The number of pyridine rings is 1. The highest BCUT2D eigenvalue weighted by atomic mass is 19.4. The van der Waals surface area contributed by atoms with Crippen LogP contribution in [0.25, 0.3) is 11.3 Å². The van der Waals surface area contributed by atoms with Crippen LogP contribution in [-0.4, -0.2) is 31.2 Å². The lowest BCUT2D eigenvalue weighted by Crippen LogP contribution is -2.13. The number of rotatable bonds is 3. The third kappa shape index (κ3) is 3.17. The second-order valence-electron chi connectivity index (χ2n) is 4.28. The number of aromatic amines is 1. The predicted octanol–water partition coefficient (Wildman–Crippen LogP) is 2.13. The number of anilines is 1. The summed E-state index contributed by atoms with van der Waals surface area (Å²) in [7, 11) is 0. The molecule has 0 saturated carbocycles. The quantitative estimate of drug-likeness (QED) is 0.764. The summed E-state index contributed by atoms with van der Waals surface area (Å²) >= 11 is 0. The first kappa shape index (κ1) is 14.7. The van der Waals surface area contributed by atoms with Gasteiger partial charge >= 0.3 is 6.18 Å². The number of H-pyrrole nitrogens is 1. The Kier molecular flexibility index (Phi) is 3.52. The zero-order valence-corrected chi connectivity index (χ0v) is 11.1. The molecule has 0 saturated heterocycles. The first-order chi connectivity index (χ1) is 10.9. The average Bonchev–Trinajstić information content (AvgIpc) is 3.16. The average molecular weight is 324 g/mol. The number of hydrogen-bond donors (Lipinski definition) is 2. The van der Waals surface area contributed by atoms with Crippen molar-refractivity contribution in [2.45, 2.75) is 6.18 Å². The number of hydrogen-bond acceptors (Lipinski definition) is 6. The van der Waals surface area contributed by atoms with Gasteiger partial charge in [0, 0.05) is 24.0 Å². The Bertz CT molecular complexity index is 827. The van der Waals surface area contributed by atoms with Crippen LogP contribution in [0.5, 0.6) is 0 Å². The van der Waals surface area contributed by atoms with E-state index in [2.05, 4.69) is 25.5 Å². The molecule has 1 amide bonds. The molecule has 11 heteroatoms. The largest absolute Gasteiger partial charge is 0.451 e. The van der Waals surface area contributed by atoms with Gasteiger partial charge in [0.05, 0.1) is 0 Å². The third-order valence-corrected chi connectivity index (χ3v) is 2.67. The van der Waals surface area contributed by atoms with Crippen LogP contribution in [0, 0.1) is 0 Å². The fourth-order valence-electron chi connectivity index (χ4n) is 1.64. The Labute approximate surface area is 125 Å². The summed E-state index contributed by atoms with van der Waals surface area (Å²) in [5.74, 6) is -2.36. The number of halogens is 3. The van der Waals surface area contributed by atoms with Crippen molar-refractivity contribution < 1.29 is 22.5 Å². The van der Waals surface area contributed by atoms with E-state index in [0.29, 0.717) is 5.56 Å². The molecule has 2 N–H and O–H groups in total. The van der Waals surface area contributed by atoms with E-state index in [4.69, 9.17) is 4.52 Å². The second kappa shape index (κ2) is 5.51. The zero-order valence-electron chi connectivity index (χ0n) is 11.1. The van der Waals surface area contributed by atoms with Crippen molar-refractivity contribution in [1.29, 1.82) is 0 Å². The molecule has 0 aliphatic heterocycles. The van der Waals surface area contributed by atoms with Crippen LogP contribution in [0.1, 0.15) is 16.3 Å². The van der Waals surface area contributed by atoms with E-state index in [1.54, 1.807) is 23.4 Å². The molecule has 0 atom stereocenters. The zero-order chi connectivity index (χ0) is 16.4. The lowest BCUT2D eigenvalue weighted by Gasteiger charge is -1.98. The number of nitrogens with zero attached hydrogens (tertiary/aromatic N) is 4. The second-order valence-corrected chi connectivity index (χ2v) is 4.28. The number of amides is 1. The van der Waals surface area contributed by atoms with Gasteiger partial charge in [0.2, 0.25) is 11.8 Å². The molecule has 0 spiro atoms. The van der Waals surface area contributed by atoms with E-state index in [1.165, 1.54) is 12.3 Å². The predicted molar refractivity (Wildman–Crippen MR) is 69.1 cm³/mol. The summed E-state index contributed by atoms with van der Waals surface area (Å²) in [5, 5.41) is 10.6. The van der Waals surface area contributed by atoms with Gasteiger partial charge < -0.3 is 4.52 Å². The number of aromatic nitrogens is 5. The minimum absolute atomic E-state index is 0.137. The van der Waals surface area contributed by atoms with E-state index in [-0.39, 0.29) is 11.5 Å². The molecule has 118 valence electrons. The maximum atomic E-state index is 12.4. The molecule has 3 rings (SSSR count). The number of nitrogens with one attached hydrogen (secondary N) is 2. The van der Waals surface area contributed by atoms with Crippen molar-refractivity contribution in [2.24, 2.45) is 0 Å². The van der Waals surface area contributed by atoms with Crippen LogP contribution in [0.15, 0.2) is 35.1 Å². The summed E-state index contributed by atoms with van der Waals surface area (Å²) in [4.78, 5) is 18.9. The van der Waals surface area contributed by atoms with Crippen molar-refractivity contribution in [3.63, 3.8) is 0 Å². The number of alkyl halides is 3. The minimum Gasteiger partial charge on any atom is -0.355 e. The highest BCUT2D eigenvalue weighted by molar-refractivity contribution is 6.02. The van der Waals surface area contributed by atoms with Crippen LogP contribution in [0.4, 0.5) is 19.1 Å². The number of carbonyl (C=O) groups is 1. The smallest absolute Gasteiger partial charge is 0.355 e. The Morgan fingerprint density at radius 2 is 2.17 bits per heavy atom. The summed E-state index contributed by atoms with van der Waals surface area (Å²) in [6.07, 6.45) is -1.61. The molecule has 0 radical (unpaired) electrons. The molecule has 23 heavy (non-hydrogen) atoms. The van der Waals surface area contributed by atoms with E-state index < -0.39 is 23.9 Å². The Balaban J connectivity index is 1.74. The van der Waals surface area contributed by atoms with Crippen molar-refractivity contribution in [3.8, 4) is 11.3 Å². The van der Waals surface area contributed by atoms with Crippen molar-refractivity contribution in [2.75, 3.05) is 5.32 Å². The van der Waals surface area contributed by atoms with Crippen molar-refractivity contribution >= 4 is 11.9 Å². The van der Waals surface area contributed by atoms with E-state index >= 15 is 0 Å². The number of carbonyl (C=O) groups excluding carboxylic acids is 1. The van der Waals surface area contributed by atoms with Gasteiger partial charge in [-0.15, -0.1) is 5.10 Å². The summed E-state index contributed by atoms with van der Waals surface area (Å²) < 4.78 is 42.1. The molecular weight excluding hydrogens is 317 g/mol. The first-order valence-corrected chi connectivity index (χ1v) is 6.11. The topological polar surface area (TPSA) is 110 Å². The van der Waals surface area contributed by atoms with Crippen LogP contribution in [0.2, 0.25) is 0 Å². The third-order valence-electron chi connectivity index (χ3n) is 2.67. The van der Waals surface area contributed by atoms with Gasteiger partial charge in [-0.3, -0.25) is 20.2 Å². The van der Waals surface area contributed by atoms with Gasteiger partial charge in [-0.2, -0.15) is 18.2 Å². The molecule has 0 bridgehead atoms.